The smallest absolute Gasteiger partial charge is 0.262 e. The summed E-state index contributed by atoms with van der Waals surface area (Å²) in [5.41, 5.74) is 2.22. The Labute approximate surface area is 211 Å². The molecule has 0 spiro atoms. The van der Waals surface area contributed by atoms with Crippen molar-refractivity contribution in [3.8, 4) is 0 Å². The topological polar surface area (TPSA) is 98.1 Å². The number of nitrogens with zero attached hydrogens (tertiary/aromatic N) is 2. The predicted molar refractivity (Wildman–Crippen MR) is 140 cm³/mol. The van der Waals surface area contributed by atoms with Crippen LogP contribution in [0.2, 0.25) is 0 Å². The van der Waals surface area contributed by atoms with E-state index in [1.54, 1.807) is 59.2 Å². The lowest BCUT2D eigenvalue weighted by molar-refractivity contribution is -0.113. The Hall–Kier alpha value is -4.04. The average molecular weight is 498 g/mol. The van der Waals surface area contributed by atoms with Crippen molar-refractivity contribution in [3.63, 3.8) is 0 Å². The number of hydrogen-bond donors (Lipinski definition) is 1. The Morgan fingerprint density at radius 3 is 2.25 bits per heavy atom. The molecule has 180 valence electrons. The Bertz CT molecular complexity index is 1610. The Kier molecular flexibility index (Phi) is 6.28. The highest BCUT2D eigenvalue weighted by Crippen LogP contribution is 2.29. The van der Waals surface area contributed by atoms with Crippen LogP contribution in [0.5, 0.6) is 0 Å². The summed E-state index contributed by atoms with van der Waals surface area (Å²) >= 11 is 1.18. The second kappa shape index (κ2) is 9.54. The molecule has 1 amide bonds. The van der Waals surface area contributed by atoms with Crippen LogP contribution in [0.3, 0.4) is 0 Å². The van der Waals surface area contributed by atoms with Gasteiger partial charge in [-0.3, -0.25) is 23.7 Å². The van der Waals surface area contributed by atoms with Gasteiger partial charge in [0.05, 0.1) is 16.7 Å². The molecule has 1 N–H and O–H groups in total. The minimum Gasteiger partial charge on any atom is -0.325 e. The van der Waals surface area contributed by atoms with Gasteiger partial charge in [0.15, 0.2) is 16.7 Å². The largest absolute Gasteiger partial charge is 0.325 e. The molecule has 1 aromatic heterocycles. The lowest BCUT2D eigenvalue weighted by Crippen LogP contribution is -2.26. The van der Waals surface area contributed by atoms with Crippen LogP contribution in [-0.2, 0) is 11.3 Å². The van der Waals surface area contributed by atoms with Gasteiger partial charge in [-0.15, -0.1) is 0 Å². The number of hydrogen-bond acceptors (Lipinski definition) is 6. The molecule has 36 heavy (non-hydrogen) atoms. The number of rotatable bonds is 6. The van der Waals surface area contributed by atoms with Gasteiger partial charge in [0.1, 0.15) is 0 Å². The molecule has 0 bridgehead atoms. The van der Waals surface area contributed by atoms with Crippen LogP contribution >= 0.6 is 11.8 Å². The van der Waals surface area contributed by atoms with Crippen LogP contribution in [-0.4, -0.2) is 32.8 Å². The first-order valence-corrected chi connectivity index (χ1v) is 12.6. The number of ketones is 2. The molecule has 0 fully saturated rings. The van der Waals surface area contributed by atoms with E-state index in [1.807, 2.05) is 19.9 Å². The molecule has 0 saturated carbocycles. The molecule has 8 heteroatoms. The van der Waals surface area contributed by atoms with Gasteiger partial charge >= 0.3 is 0 Å². The van der Waals surface area contributed by atoms with Crippen LogP contribution in [0.1, 0.15) is 45.7 Å². The highest BCUT2D eigenvalue weighted by molar-refractivity contribution is 7.99. The summed E-state index contributed by atoms with van der Waals surface area (Å²) in [5.74, 6) is -0.522. The maximum Gasteiger partial charge on any atom is 0.262 e. The Balaban J connectivity index is 1.36. The van der Waals surface area contributed by atoms with E-state index in [0.29, 0.717) is 45.0 Å². The van der Waals surface area contributed by atoms with Crippen LogP contribution in [0.25, 0.3) is 10.9 Å². The highest BCUT2D eigenvalue weighted by Gasteiger charge is 2.29. The van der Waals surface area contributed by atoms with Gasteiger partial charge in [-0.2, -0.15) is 0 Å². The summed E-state index contributed by atoms with van der Waals surface area (Å²) in [6.45, 7) is 4.52. The third-order valence-electron chi connectivity index (χ3n) is 5.92. The maximum absolute atomic E-state index is 13.1. The van der Waals surface area contributed by atoms with Crippen molar-refractivity contribution in [2.24, 2.45) is 5.92 Å². The van der Waals surface area contributed by atoms with Crippen LogP contribution < -0.4 is 10.9 Å². The van der Waals surface area contributed by atoms with Gasteiger partial charge in [-0.05, 0) is 36.2 Å². The summed E-state index contributed by atoms with van der Waals surface area (Å²) in [4.78, 5) is 56.2. The standard InChI is InChI=1S/C28H23N3O4S/c1-16(2)14-31-27(35)21-9-5-6-10-23(21)30-28(31)36-15-24(32)29-17-11-12-20-22(13-17)26(34)19-8-4-3-7-18(19)25(20)33/h3-13,16H,14-15H2,1-2H3,(H,29,32). The molecular formula is C28H23N3O4S. The van der Waals surface area contributed by atoms with E-state index in [0.717, 1.165) is 0 Å². The fourth-order valence-corrected chi connectivity index (χ4v) is 5.10. The number of thioether (sulfide) groups is 1. The van der Waals surface area contributed by atoms with Crippen molar-refractivity contribution >= 4 is 45.8 Å². The van der Waals surface area contributed by atoms with Crippen molar-refractivity contribution in [1.29, 1.82) is 0 Å². The second-order valence-corrected chi connectivity index (χ2v) is 9.96. The molecule has 1 aliphatic rings. The first-order valence-electron chi connectivity index (χ1n) is 11.6. The highest BCUT2D eigenvalue weighted by atomic mass is 32.2. The van der Waals surface area contributed by atoms with Gasteiger partial charge < -0.3 is 5.32 Å². The number of benzene rings is 3. The number of para-hydroxylation sites is 1. The van der Waals surface area contributed by atoms with Crippen LogP contribution in [0.15, 0.2) is 76.7 Å². The predicted octanol–water partition coefficient (Wildman–Crippen LogP) is 4.56. The molecule has 5 rings (SSSR count). The molecule has 7 nitrogen and oxygen atoms in total. The average Bonchev–Trinajstić information content (AvgIpc) is 2.88. The van der Waals surface area contributed by atoms with E-state index < -0.39 is 0 Å². The molecule has 4 aromatic rings. The first kappa shape index (κ1) is 23.7. The summed E-state index contributed by atoms with van der Waals surface area (Å²) in [7, 11) is 0. The van der Waals surface area contributed by atoms with E-state index in [1.165, 1.54) is 17.8 Å². The second-order valence-electron chi connectivity index (χ2n) is 9.02. The van der Waals surface area contributed by atoms with Crippen LogP contribution in [0.4, 0.5) is 5.69 Å². The van der Waals surface area contributed by atoms with E-state index >= 15 is 0 Å². The van der Waals surface area contributed by atoms with Crippen molar-refractivity contribution < 1.29 is 14.4 Å². The zero-order chi connectivity index (χ0) is 25.4. The van der Waals surface area contributed by atoms with Gasteiger partial charge in [-0.25, -0.2) is 4.98 Å². The lowest BCUT2D eigenvalue weighted by Gasteiger charge is -2.18. The van der Waals surface area contributed by atoms with Crippen molar-refractivity contribution in [1.82, 2.24) is 9.55 Å². The summed E-state index contributed by atoms with van der Waals surface area (Å²) in [6, 6.07) is 18.6. The molecule has 0 saturated heterocycles. The third-order valence-corrected chi connectivity index (χ3v) is 6.89. The molecule has 3 aromatic carbocycles. The van der Waals surface area contributed by atoms with E-state index in [4.69, 9.17) is 0 Å². The summed E-state index contributed by atoms with van der Waals surface area (Å²) in [5, 5.41) is 3.82. The Morgan fingerprint density at radius 2 is 1.53 bits per heavy atom. The Morgan fingerprint density at radius 1 is 0.889 bits per heavy atom. The molecule has 0 radical (unpaired) electrons. The molecule has 1 aliphatic carbocycles. The lowest BCUT2D eigenvalue weighted by atomic mass is 9.84. The number of fused-ring (bicyclic) bond motifs is 3. The zero-order valence-corrected chi connectivity index (χ0v) is 20.6. The fraction of sp³-hybridized carbons (Fsp3) is 0.179. The monoisotopic (exact) mass is 497 g/mol. The number of carbonyl (C=O) groups is 3. The fourth-order valence-electron chi connectivity index (χ4n) is 4.29. The van der Waals surface area contributed by atoms with Gasteiger partial charge in [0, 0.05) is 34.5 Å². The SMILES string of the molecule is CC(C)Cn1c(SCC(=O)Nc2ccc3c(c2)C(=O)c2ccccc2C3=O)nc2ccccc2c1=O. The first-order chi connectivity index (χ1) is 17.3. The quantitative estimate of drug-likeness (QED) is 0.273. The normalized spacial score (nSPS) is 12.5. The van der Waals surface area contributed by atoms with Gasteiger partial charge in [-0.1, -0.05) is 62.0 Å². The molecule has 0 atom stereocenters. The van der Waals surface area contributed by atoms with Crippen LogP contribution in [0, 0.1) is 5.92 Å². The number of aromatic nitrogens is 2. The van der Waals surface area contributed by atoms with Gasteiger partial charge in [0.2, 0.25) is 5.91 Å². The van der Waals surface area contributed by atoms with E-state index in [9.17, 15) is 19.2 Å². The summed E-state index contributed by atoms with van der Waals surface area (Å²) < 4.78 is 1.62. The molecular weight excluding hydrogens is 474 g/mol. The maximum atomic E-state index is 13.1. The molecule has 1 heterocycles. The number of anilines is 1. The van der Waals surface area contributed by atoms with Crippen molar-refractivity contribution in [3.05, 3.63) is 99.3 Å². The minimum atomic E-state index is -0.312. The number of carbonyl (C=O) groups excluding carboxylic acids is 3. The van der Waals surface area contributed by atoms with E-state index in [-0.39, 0.29) is 40.3 Å². The number of nitrogens with one attached hydrogen (secondary N) is 1. The molecule has 0 unspecified atom stereocenters. The van der Waals surface area contributed by atoms with Crippen molar-refractivity contribution in [2.45, 2.75) is 25.5 Å². The third kappa shape index (κ3) is 4.35. The van der Waals surface area contributed by atoms with E-state index in [2.05, 4.69) is 10.3 Å². The molecule has 0 aliphatic heterocycles. The zero-order valence-electron chi connectivity index (χ0n) is 19.8. The number of amides is 1. The minimum absolute atomic E-state index is 0.0235. The van der Waals surface area contributed by atoms with Crippen molar-refractivity contribution in [2.75, 3.05) is 11.1 Å². The summed E-state index contributed by atoms with van der Waals surface area (Å²) in [6.07, 6.45) is 0. The van der Waals surface area contributed by atoms with Gasteiger partial charge in [0.25, 0.3) is 5.56 Å².